The van der Waals surface area contributed by atoms with Crippen LogP contribution in [-0.4, -0.2) is 18.6 Å². The third kappa shape index (κ3) is 4.25. The molecular formula is C14H14N4O4S. The first-order valence-electron chi connectivity index (χ1n) is 6.77. The Hall–Kier alpha value is -2.49. The molecule has 2 heterocycles. The lowest BCUT2D eigenvalue weighted by Gasteiger charge is -2.06. The van der Waals surface area contributed by atoms with Crippen molar-refractivity contribution in [2.24, 2.45) is 0 Å². The highest BCUT2D eigenvalue weighted by atomic mass is 32.2. The van der Waals surface area contributed by atoms with Gasteiger partial charge in [0.2, 0.25) is 0 Å². The molecule has 1 aromatic carbocycles. The van der Waals surface area contributed by atoms with Crippen LogP contribution in [0.3, 0.4) is 0 Å². The van der Waals surface area contributed by atoms with E-state index in [-0.39, 0.29) is 24.8 Å². The van der Waals surface area contributed by atoms with Crippen molar-refractivity contribution in [3.05, 3.63) is 60.1 Å². The van der Waals surface area contributed by atoms with Crippen molar-refractivity contribution in [2.75, 3.05) is 0 Å². The lowest BCUT2D eigenvalue weighted by Crippen LogP contribution is -2.35. The van der Waals surface area contributed by atoms with Gasteiger partial charge in [-0.25, -0.2) is 0 Å². The van der Waals surface area contributed by atoms with Gasteiger partial charge in [0, 0.05) is 6.54 Å². The number of nitrogens with zero attached hydrogens (tertiary/aromatic N) is 2. The average molecular weight is 334 g/mol. The molecule has 0 aliphatic carbocycles. The number of nitrogens with one attached hydrogen (secondary N) is 2. The van der Waals surface area contributed by atoms with Gasteiger partial charge in [-0.2, -0.15) is 22.8 Å². The molecule has 3 aromatic rings. The summed E-state index contributed by atoms with van der Waals surface area (Å²) in [6.07, 6.45) is 1.48. The lowest BCUT2D eigenvalue weighted by molar-refractivity contribution is 0.408. The molecule has 0 fully saturated rings. The third-order valence-corrected chi connectivity index (χ3v) is 3.98. The molecular weight excluding hydrogens is 320 g/mol. The van der Waals surface area contributed by atoms with Crippen molar-refractivity contribution in [3.8, 4) is 11.7 Å². The van der Waals surface area contributed by atoms with Crippen LogP contribution < -0.4 is 9.44 Å². The normalized spacial score (nSPS) is 11.7. The highest BCUT2D eigenvalue weighted by Crippen LogP contribution is 2.16. The molecule has 2 aromatic heterocycles. The summed E-state index contributed by atoms with van der Waals surface area (Å²) in [5.41, 5.74) is 0.859. The number of benzene rings is 1. The SMILES string of the molecule is O=S(=O)(NCc1ccccc1)NCc1noc(-c2ccco2)n1. The summed E-state index contributed by atoms with van der Waals surface area (Å²) >= 11 is 0. The van der Waals surface area contributed by atoms with Gasteiger partial charge in [0.05, 0.1) is 12.8 Å². The quantitative estimate of drug-likeness (QED) is 0.677. The van der Waals surface area contributed by atoms with Crippen LogP contribution in [0, 0.1) is 0 Å². The molecule has 0 atom stereocenters. The molecule has 0 aliphatic rings. The molecule has 0 saturated carbocycles. The second-order valence-electron chi connectivity index (χ2n) is 4.62. The van der Waals surface area contributed by atoms with E-state index in [1.165, 1.54) is 6.26 Å². The number of aromatic nitrogens is 2. The predicted octanol–water partition coefficient (Wildman–Crippen LogP) is 1.45. The molecule has 120 valence electrons. The monoisotopic (exact) mass is 334 g/mol. The lowest BCUT2D eigenvalue weighted by atomic mass is 10.2. The minimum absolute atomic E-state index is 0.0890. The van der Waals surface area contributed by atoms with Gasteiger partial charge < -0.3 is 8.94 Å². The van der Waals surface area contributed by atoms with E-state index in [4.69, 9.17) is 8.94 Å². The molecule has 23 heavy (non-hydrogen) atoms. The molecule has 8 nitrogen and oxygen atoms in total. The van der Waals surface area contributed by atoms with E-state index in [1.54, 1.807) is 12.1 Å². The Morgan fingerprint density at radius 3 is 2.52 bits per heavy atom. The number of rotatable bonds is 7. The van der Waals surface area contributed by atoms with Crippen LogP contribution in [0.15, 0.2) is 57.7 Å². The summed E-state index contributed by atoms with van der Waals surface area (Å²) in [6, 6.07) is 12.6. The summed E-state index contributed by atoms with van der Waals surface area (Å²) < 4.78 is 38.7. The van der Waals surface area contributed by atoms with Crippen molar-refractivity contribution in [3.63, 3.8) is 0 Å². The van der Waals surface area contributed by atoms with Gasteiger partial charge in [-0.1, -0.05) is 35.5 Å². The van der Waals surface area contributed by atoms with E-state index in [0.717, 1.165) is 5.56 Å². The summed E-state index contributed by atoms with van der Waals surface area (Å²) in [5, 5.41) is 3.69. The van der Waals surface area contributed by atoms with Crippen molar-refractivity contribution in [2.45, 2.75) is 13.1 Å². The van der Waals surface area contributed by atoms with E-state index < -0.39 is 10.2 Å². The van der Waals surface area contributed by atoms with E-state index in [9.17, 15) is 8.42 Å². The predicted molar refractivity (Wildman–Crippen MR) is 81.0 cm³/mol. The first kappa shape index (κ1) is 15.4. The Kier molecular flexibility index (Phi) is 4.51. The summed E-state index contributed by atoms with van der Waals surface area (Å²) in [5.74, 6) is 0.830. The highest BCUT2D eigenvalue weighted by molar-refractivity contribution is 7.87. The summed E-state index contributed by atoms with van der Waals surface area (Å²) in [7, 11) is -3.67. The van der Waals surface area contributed by atoms with Gasteiger partial charge in [0.1, 0.15) is 0 Å². The topological polar surface area (TPSA) is 110 Å². The largest absolute Gasteiger partial charge is 0.459 e. The highest BCUT2D eigenvalue weighted by Gasteiger charge is 2.14. The molecule has 0 bridgehead atoms. The third-order valence-electron chi connectivity index (χ3n) is 2.93. The number of hydrogen-bond acceptors (Lipinski definition) is 6. The molecule has 0 aliphatic heterocycles. The number of hydrogen-bond donors (Lipinski definition) is 2. The summed E-state index contributed by atoms with van der Waals surface area (Å²) in [6.45, 7) is 0.106. The molecule has 0 radical (unpaired) electrons. The molecule has 0 unspecified atom stereocenters. The first-order valence-corrected chi connectivity index (χ1v) is 8.25. The smallest absolute Gasteiger partial charge is 0.293 e. The van der Waals surface area contributed by atoms with Crippen LogP contribution in [0.25, 0.3) is 11.7 Å². The molecule has 9 heteroatoms. The maximum Gasteiger partial charge on any atom is 0.293 e. The first-order chi connectivity index (χ1) is 11.1. The maximum atomic E-state index is 11.9. The van der Waals surface area contributed by atoms with Gasteiger partial charge in [-0.15, -0.1) is 0 Å². The van der Waals surface area contributed by atoms with E-state index in [2.05, 4.69) is 19.6 Å². The Labute approximate surface area is 132 Å². The van der Waals surface area contributed by atoms with Gasteiger partial charge in [0.25, 0.3) is 16.1 Å². The van der Waals surface area contributed by atoms with Gasteiger partial charge in [-0.05, 0) is 17.7 Å². The number of furan rings is 1. The van der Waals surface area contributed by atoms with Crippen LogP contribution in [0.5, 0.6) is 0 Å². The van der Waals surface area contributed by atoms with Crippen LogP contribution in [0.2, 0.25) is 0 Å². The molecule has 0 amide bonds. The van der Waals surface area contributed by atoms with Gasteiger partial charge in [-0.3, -0.25) is 0 Å². The van der Waals surface area contributed by atoms with E-state index >= 15 is 0 Å². The fraction of sp³-hybridized carbons (Fsp3) is 0.143. The standard InChI is InChI=1S/C14H14N4O4S/c19-23(20,15-9-11-5-2-1-3-6-11)16-10-13-17-14(22-18-13)12-7-4-8-21-12/h1-8,15-16H,9-10H2. The van der Waals surface area contributed by atoms with Crippen LogP contribution in [-0.2, 0) is 23.3 Å². The van der Waals surface area contributed by atoms with Crippen LogP contribution >= 0.6 is 0 Å². The second kappa shape index (κ2) is 6.73. The zero-order valence-corrected chi connectivity index (χ0v) is 12.8. The average Bonchev–Trinajstić information content (AvgIpc) is 3.23. The van der Waals surface area contributed by atoms with Crippen molar-refractivity contribution in [1.82, 2.24) is 19.6 Å². The fourth-order valence-electron chi connectivity index (χ4n) is 1.81. The fourth-order valence-corrected chi connectivity index (χ4v) is 2.59. The van der Waals surface area contributed by atoms with Crippen molar-refractivity contribution >= 4 is 10.2 Å². The Bertz CT molecular complexity index is 844. The van der Waals surface area contributed by atoms with E-state index in [0.29, 0.717) is 5.76 Å². The zero-order chi connectivity index (χ0) is 16.1. The van der Waals surface area contributed by atoms with Gasteiger partial charge >= 0.3 is 0 Å². The van der Waals surface area contributed by atoms with Crippen molar-refractivity contribution < 1.29 is 17.4 Å². The van der Waals surface area contributed by atoms with E-state index in [1.807, 2.05) is 30.3 Å². The summed E-state index contributed by atoms with van der Waals surface area (Å²) in [4.78, 5) is 4.05. The van der Waals surface area contributed by atoms with Crippen LogP contribution in [0.4, 0.5) is 0 Å². The van der Waals surface area contributed by atoms with Crippen molar-refractivity contribution in [1.29, 1.82) is 0 Å². The molecule has 0 saturated heterocycles. The minimum atomic E-state index is -3.67. The second-order valence-corrected chi connectivity index (χ2v) is 6.21. The van der Waals surface area contributed by atoms with Gasteiger partial charge in [0.15, 0.2) is 11.6 Å². The molecule has 3 rings (SSSR count). The minimum Gasteiger partial charge on any atom is -0.459 e. The molecule has 0 spiro atoms. The van der Waals surface area contributed by atoms with Crippen LogP contribution in [0.1, 0.15) is 11.4 Å². The Morgan fingerprint density at radius 2 is 1.78 bits per heavy atom. The zero-order valence-electron chi connectivity index (χ0n) is 12.0. The maximum absolute atomic E-state index is 11.9. The Balaban J connectivity index is 1.55. The Morgan fingerprint density at radius 1 is 1.00 bits per heavy atom. The molecule has 2 N–H and O–H groups in total.